The van der Waals surface area contributed by atoms with E-state index in [2.05, 4.69) is 10.9 Å². The van der Waals surface area contributed by atoms with Crippen molar-refractivity contribution in [3.63, 3.8) is 0 Å². The van der Waals surface area contributed by atoms with Gasteiger partial charge in [0.1, 0.15) is 0 Å². The molecule has 1 heterocycles. The van der Waals surface area contributed by atoms with Crippen LogP contribution in [0.1, 0.15) is 18.4 Å². The Morgan fingerprint density at radius 1 is 1.00 bits per heavy atom. The molecule has 0 spiro atoms. The van der Waals surface area contributed by atoms with Gasteiger partial charge in [-0.05, 0) is 42.7 Å². The van der Waals surface area contributed by atoms with Gasteiger partial charge in [0.05, 0.1) is 11.2 Å². The molecule has 0 bridgehead atoms. The van der Waals surface area contributed by atoms with Gasteiger partial charge in [0.25, 0.3) is 0 Å². The summed E-state index contributed by atoms with van der Waals surface area (Å²) in [6.07, 6.45) is 1.16. The van der Waals surface area contributed by atoms with Crippen LogP contribution < -0.4 is 10.9 Å². The summed E-state index contributed by atoms with van der Waals surface area (Å²) in [6.45, 7) is 1.03. The zero-order valence-electron chi connectivity index (χ0n) is 14.7. The molecule has 0 atom stereocenters. The molecule has 2 aromatic rings. The number of hydrogen-bond donors (Lipinski definition) is 2. The van der Waals surface area contributed by atoms with Crippen LogP contribution in [0.15, 0.2) is 59.5 Å². The van der Waals surface area contributed by atoms with Crippen LogP contribution in [0.5, 0.6) is 0 Å². The van der Waals surface area contributed by atoms with Gasteiger partial charge >= 0.3 is 0 Å². The van der Waals surface area contributed by atoms with Crippen molar-refractivity contribution in [3.8, 4) is 0 Å². The van der Waals surface area contributed by atoms with Crippen LogP contribution in [0.25, 0.3) is 0 Å². The van der Waals surface area contributed by atoms with E-state index in [0.29, 0.717) is 31.1 Å². The van der Waals surface area contributed by atoms with Gasteiger partial charge in [-0.25, -0.2) is 0 Å². The van der Waals surface area contributed by atoms with Crippen molar-refractivity contribution < 1.29 is 14.3 Å². The van der Waals surface area contributed by atoms with E-state index >= 15 is 0 Å². The van der Waals surface area contributed by atoms with E-state index in [1.54, 1.807) is 12.1 Å². The first-order chi connectivity index (χ1) is 13.1. The second kappa shape index (κ2) is 9.26. The predicted molar refractivity (Wildman–Crippen MR) is 107 cm³/mol. The molecule has 27 heavy (non-hydrogen) atoms. The van der Waals surface area contributed by atoms with Gasteiger partial charge in [-0.2, -0.15) is 0 Å². The first-order valence-corrected chi connectivity index (χ1v) is 10.1. The molecule has 7 heteroatoms. The molecule has 0 radical (unpaired) electrons. The van der Waals surface area contributed by atoms with Crippen LogP contribution in [0.3, 0.4) is 0 Å². The fourth-order valence-electron chi connectivity index (χ4n) is 3.09. The highest BCUT2D eigenvalue weighted by Crippen LogP contribution is 2.34. The molecule has 2 N–H and O–H groups in total. The Balaban J connectivity index is 1.57. The van der Waals surface area contributed by atoms with Crippen molar-refractivity contribution in [2.45, 2.75) is 23.2 Å². The average Bonchev–Trinajstić information content (AvgIpc) is 2.72. The molecule has 142 valence electrons. The van der Waals surface area contributed by atoms with Gasteiger partial charge in [-0.1, -0.05) is 41.9 Å². The summed E-state index contributed by atoms with van der Waals surface area (Å²) >= 11 is 7.23. The fraction of sp³-hybridized carbons (Fsp3) is 0.300. The maximum absolute atomic E-state index is 12.9. The molecule has 1 aliphatic rings. The van der Waals surface area contributed by atoms with Gasteiger partial charge in [0.15, 0.2) is 0 Å². The lowest BCUT2D eigenvalue weighted by Crippen LogP contribution is -2.53. The number of nitrogens with one attached hydrogen (secondary N) is 2. The third-order valence-electron chi connectivity index (χ3n) is 4.61. The van der Waals surface area contributed by atoms with Crippen molar-refractivity contribution >= 4 is 35.2 Å². The summed E-state index contributed by atoms with van der Waals surface area (Å²) in [6, 6.07) is 16.9. The Hall–Kier alpha value is -2.02. The van der Waals surface area contributed by atoms with Crippen molar-refractivity contribution in [3.05, 3.63) is 65.2 Å². The second-order valence-electron chi connectivity index (χ2n) is 6.31. The van der Waals surface area contributed by atoms with Crippen LogP contribution in [0.2, 0.25) is 5.02 Å². The monoisotopic (exact) mass is 404 g/mol. The van der Waals surface area contributed by atoms with Crippen molar-refractivity contribution in [2.75, 3.05) is 19.0 Å². The molecule has 0 saturated carbocycles. The van der Waals surface area contributed by atoms with Crippen LogP contribution >= 0.6 is 23.4 Å². The molecule has 1 aliphatic heterocycles. The Morgan fingerprint density at radius 3 is 2.33 bits per heavy atom. The van der Waals surface area contributed by atoms with Crippen LogP contribution in [-0.4, -0.2) is 30.8 Å². The van der Waals surface area contributed by atoms with Crippen molar-refractivity contribution in [2.24, 2.45) is 0 Å². The van der Waals surface area contributed by atoms with Gasteiger partial charge < -0.3 is 4.74 Å². The molecule has 1 fully saturated rings. The standard InChI is InChI=1S/C20H21ClN2O3S/c21-16-6-8-17(9-7-16)27-14-18(24)22-23-19(25)20(10-12-26-13-11-20)15-4-2-1-3-5-15/h1-9H,10-14H2,(H,22,24)(H,23,25). The third-order valence-corrected chi connectivity index (χ3v) is 5.87. The minimum absolute atomic E-state index is 0.198. The van der Waals surface area contributed by atoms with E-state index in [-0.39, 0.29) is 17.6 Å². The lowest BCUT2D eigenvalue weighted by Gasteiger charge is -2.36. The highest BCUT2D eigenvalue weighted by molar-refractivity contribution is 8.00. The number of rotatable bonds is 5. The average molecular weight is 405 g/mol. The second-order valence-corrected chi connectivity index (χ2v) is 7.79. The van der Waals surface area contributed by atoms with Gasteiger partial charge in [0.2, 0.25) is 11.8 Å². The van der Waals surface area contributed by atoms with E-state index in [9.17, 15) is 9.59 Å². The Labute approximate surface area is 167 Å². The van der Waals surface area contributed by atoms with Crippen molar-refractivity contribution in [1.29, 1.82) is 0 Å². The fourth-order valence-corrected chi connectivity index (χ4v) is 3.91. The van der Waals surface area contributed by atoms with Gasteiger partial charge in [-0.3, -0.25) is 20.4 Å². The van der Waals surface area contributed by atoms with Gasteiger partial charge in [0, 0.05) is 23.1 Å². The van der Waals surface area contributed by atoms with E-state index in [1.807, 2.05) is 42.5 Å². The molecule has 3 rings (SSSR count). The summed E-state index contributed by atoms with van der Waals surface area (Å²) in [5, 5.41) is 0.652. The molecule has 0 aromatic heterocycles. The number of halogens is 1. The van der Waals surface area contributed by atoms with Crippen molar-refractivity contribution in [1.82, 2.24) is 10.9 Å². The third kappa shape index (κ3) is 5.03. The van der Waals surface area contributed by atoms with E-state index in [0.717, 1.165) is 10.5 Å². The van der Waals surface area contributed by atoms with E-state index < -0.39 is 5.41 Å². The summed E-state index contributed by atoms with van der Waals surface area (Å²) < 4.78 is 5.44. The number of benzene rings is 2. The molecule has 1 saturated heterocycles. The Kier molecular flexibility index (Phi) is 6.77. The summed E-state index contributed by atoms with van der Waals surface area (Å²) in [4.78, 5) is 26.0. The minimum Gasteiger partial charge on any atom is -0.381 e. The number of thioether (sulfide) groups is 1. The number of ether oxygens (including phenoxy) is 1. The largest absolute Gasteiger partial charge is 0.381 e. The lowest BCUT2D eigenvalue weighted by molar-refractivity contribution is -0.134. The normalized spacial score (nSPS) is 15.7. The zero-order chi connectivity index (χ0) is 19.1. The number of hydrogen-bond acceptors (Lipinski definition) is 4. The highest BCUT2D eigenvalue weighted by atomic mass is 35.5. The first kappa shape index (κ1) is 19.7. The molecular formula is C20H21ClN2O3S. The molecule has 2 aromatic carbocycles. The zero-order valence-corrected chi connectivity index (χ0v) is 16.3. The molecule has 5 nitrogen and oxygen atoms in total. The topological polar surface area (TPSA) is 67.4 Å². The number of hydrazine groups is 1. The lowest BCUT2D eigenvalue weighted by atomic mass is 9.73. The maximum atomic E-state index is 12.9. The summed E-state index contributed by atoms with van der Waals surface area (Å²) in [7, 11) is 0. The number of carbonyl (C=O) groups is 2. The quantitative estimate of drug-likeness (QED) is 0.592. The summed E-state index contributed by atoms with van der Waals surface area (Å²) in [5.41, 5.74) is 5.39. The van der Waals surface area contributed by atoms with Gasteiger partial charge in [-0.15, -0.1) is 11.8 Å². The Morgan fingerprint density at radius 2 is 1.67 bits per heavy atom. The first-order valence-electron chi connectivity index (χ1n) is 8.71. The highest BCUT2D eigenvalue weighted by Gasteiger charge is 2.41. The SMILES string of the molecule is O=C(CSc1ccc(Cl)cc1)NNC(=O)C1(c2ccccc2)CCOCC1. The number of amides is 2. The predicted octanol–water partition coefficient (Wildman–Crippen LogP) is 3.33. The molecular weight excluding hydrogens is 384 g/mol. The Bertz CT molecular complexity index is 778. The maximum Gasteiger partial charge on any atom is 0.249 e. The number of carbonyl (C=O) groups excluding carboxylic acids is 2. The molecule has 0 unspecified atom stereocenters. The smallest absolute Gasteiger partial charge is 0.249 e. The van der Waals surface area contributed by atoms with Crippen LogP contribution in [0.4, 0.5) is 0 Å². The molecule has 0 aliphatic carbocycles. The van der Waals surface area contributed by atoms with Crippen LogP contribution in [-0.2, 0) is 19.7 Å². The molecule has 2 amide bonds. The van der Waals surface area contributed by atoms with Crippen LogP contribution in [0, 0.1) is 0 Å². The summed E-state index contributed by atoms with van der Waals surface area (Å²) in [5.74, 6) is -0.274. The van der Waals surface area contributed by atoms with E-state index in [4.69, 9.17) is 16.3 Å². The minimum atomic E-state index is -0.684. The van der Waals surface area contributed by atoms with E-state index in [1.165, 1.54) is 11.8 Å².